The largest absolute Gasteiger partial charge is 0.489 e. The lowest BCUT2D eigenvalue weighted by Gasteiger charge is -2.17. The van der Waals surface area contributed by atoms with Crippen molar-refractivity contribution in [1.82, 2.24) is 0 Å². The first-order chi connectivity index (χ1) is 16.2. The molecule has 4 nitrogen and oxygen atoms in total. The van der Waals surface area contributed by atoms with Crippen LogP contribution in [0.25, 0.3) is 0 Å². The Morgan fingerprint density at radius 3 is 1.30 bits per heavy atom. The van der Waals surface area contributed by atoms with Crippen molar-refractivity contribution in [2.24, 2.45) is 0 Å². The van der Waals surface area contributed by atoms with E-state index in [-0.39, 0.29) is 5.78 Å². The minimum Gasteiger partial charge on any atom is -0.489 e. The minimum atomic E-state index is -0.129. The number of ketones is 1. The molecule has 166 valence electrons. The highest BCUT2D eigenvalue weighted by Gasteiger charge is 2.19. The Balaban J connectivity index is 1.62. The molecule has 0 aliphatic heterocycles. The second-order valence-corrected chi connectivity index (χ2v) is 7.67. The van der Waals surface area contributed by atoms with Gasteiger partial charge in [-0.05, 0) is 23.6 Å². The standard InChI is InChI=1S/C29H26O4/c1-22(30)29-27(32-20-24-13-7-3-8-14-24)17-26(31-19-23-11-5-2-6-12-23)18-28(29)33-21-25-15-9-4-10-16-25/h2-18H,19-21H2,1H3/i1+1,22+1. The van der Waals surface area contributed by atoms with Crippen LogP contribution >= 0.6 is 0 Å². The molecule has 4 heteroatoms. The highest BCUT2D eigenvalue weighted by Crippen LogP contribution is 2.36. The molecule has 0 saturated carbocycles. The van der Waals surface area contributed by atoms with E-state index >= 15 is 0 Å². The minimum absolute atomic E-state index is 0.129. The van der Waals surface area contributed by atoms with Gasteiger partial charge in [0.2, 0.25) is 0 Å². The van der Waals surface area contributed by atoms with E-state index in [2.05, 4.69) is 0 Å². The predicted octanol–water partition coefficient (Wildman–Crippen LogP) is 6.63. The van der Waals surface area contributed by atoms with E-state index in [0.717, 1.165) is 16.7 Å². The molecule has 4 aromatic carbocycles. The van der Waals surface area contributed by atoms with Crippen molar-refractivity contribution in [2.75, 3.05) is 0 Å². The zero-order valence-electron chi connectivity index (χ0n) is 18.6. The zero-order valence-corrected chi connectivity index (χ0v) is 18.6. The molecule has 0 saturated heterocycles. The van der Waals surface area contributed by atoms with Crippen LogP contribution in [0.1, 0.15) is 34.0 Å². The average molecular weight is 441 g/mol. The van der Waals surface area contributed by atoms with Gasteiger partial charge in [0.05, 0.1) is 0 Å². The summed E-state index contributed by atoms with van der Waals surface area (Å²) in [4.78, 5) is 12.6. The molecule has 0 amide bonds. The van der Waals surface area contributed by atoms with Crippen LogP contribution in [0.5, 0.6) is 17.2 Å². The van der Waals surface area contributed by atoms with Crippen LogP contribution in [-0.4, -0.2) is 5.78 Å². The van der Waals surface area contributed by atoms with Gasteiger partial charge in [-0.25, -0.2) is 0 Å². The molecule has 0 unspecified atom stereocenters. The van der Waals surface area contributed by atoms with Gasteiger partial charge < -0.3 is 14.2 Å². The fourth-order valence-electron chi connectivity index (χ4n) is 3.44. The fraction of sp³-hybridized carbons (Fsp3) is 0.138. The maximum absolute atomic E-state index is 12.6. The van der Waals surface area contributed by atoms with E-state index in [9.17, 15) is 4.79 Å². The Hall–Kier alpha value is -4.05. The molecular weight excluding hydrogens is 414 g/mol. The Kier molecular flexibility index (Phi) is 7.39. The molecule has 0 heterocycles. The van der Waals surface area contributed by atoms with Crippen LogP contribution in [0.3, 0.4) is 0 Å². The fourth-order valence-corrected chi connectivity index (χ4v) is 3.44. The third kappa shape index (κ3) is 6.23. The van der Waals surface area contributed by atoms with Crippen LogP contribution < -0.4 is 14.2 Å². The van der Waals surface area contributed by atoms with Gasteiger partial charge in [-0.3, -0.25) is 4.79 Å². The van der Waals surface area contributed by atoms with Gasteiger partial charge >= 0.3 is 0 Å². The average Bonchev–Trinajstić information content (AvgIpc) is 2.86. The first-order valence-corrected chi connectivity index (χ1v) is 10.9. The number of carbonyl (C=O) groups excluding carboxylic acids is 1. The third-order valence-corrected chi connectivity index (χ3v) is 5.11. The molecule has 0 aromatic heterocycles. The van der Waals surface area contributed by atoms with Crippen LogP contribution in [-0.2, 0) is 19.8 Å². The van der Waals surface area contributed by atoms with E-state index < -0.39 is 0 Å². The molecule has 0 bridgehead atoms. The van der Waals surface area contributed by atoms with E-state index in [1.807, 2.05) is 91.0 Å². The molecule has 0 radical (unpaired) electrons. The number of benzene rings is 4. The van der Waals surface area contributed by atoms with Crippen molar-refractivity contribution in [2.45, 2.75) is 26.7 Å². The summed E-state index contributed by atoms with van der Waals surface area (Å²) in [7, 11) is 0. The smallest absolute Gasteiger partial charge is 0.167 e. The maximum atomic E-state index is 12.6. The summed E-state index contributed by atoms with van der Waals surface area (Å²) in [5.41, 5.74) is 3.48. The van der Waals surface area contributed by atoms with Crippen molar-refractivity contribution in [3.63, 3.8) is 0 Å². The molecule has 4 rings (SSSR count). The Labute approximate surface area is 194 Å². The van der Waals surface area contributed by atoms with Crippen LogP contribution in [0.2, 0.25) is 0 Å². The summed E-state index contributed by atoms with van der Waals surface area (Å²) >= 11 is 0. The van der Waals surface area contributed by atoms with E-state index in [4.69, 9.17) is 14.2 Å². The molecule has 0 fully saturated rings. The molecule has 0 aliphatic carbocycles. The molecule has 0 aliphatic rings. The number of carbonyl (C=O) groups is 1. The van der Waals surface area contributed by atoms with E-state index in [1.165, 1.54) is 6.92 Å². The predicted molar refractivity (Wildman–Crippen MR) is 129 cm³/mol. The summed E-state index contributed by atoms with van der Waals surface area (Å²) in [6.07, 6.45) is 0. The van der Waals surface area contributed by atoms with Crippen molar-refractivity contribution < 1.29 is 19.0 Å². The Morgan fingerprint density at radius 2 is 0.939 bits per heavy atom. The summed E-state index contributed by atoms with van der Waals surface area (Å²) in [5, 5.41) is 0. The summed E-state index contributed by atoms with van der Waals surface area (Å²) in [6, 6.07) is 33.1. The van der Waals surface area contributed by atoms with E-state index in [1.54, 1.807) is 12.1 Å². The molecule has 0 N–H and O–H groups in total. The van der Waals surface area contributed by atoms with Gasteiger partial charge in [0.1, 0.15) is 42.6 Å². The summed E-state index contributed by atoms with van der Waals surface area (Å²) < 4.78 is 18.2. The van der Waals surface area contributed by atoms with Crippen molar-refractivity contribution >= 4 is 5.78 Å². The zero-order chi connectivity index (χ0) is 22.9. The number of hydrogen-bond donors (Lipinski definition) is 0. The number of Topliss-reactive ketones (excluding diaryl/α,β-unsaturated/α-hetero) is 1. The maximum Gasteiger partial charge on any atom is 0.167 e. The Bertz CT molecular complexity index is 1110. The first kappa shape index (κ1) is 22.2. The number of hydrogen-bond acceptors (Lipinski definition) is 4. The van der Waals surface area contributed by atoms with Gasteiger partial charge in [-0.1, -0.05) is 91.0 Å². The van der Waals surface area contributed by atoms with Crippen LogP contribution in [0, 0.1) is 0 Å². The first-order valence-electron chi connectivity index (χ1n) is 10.9. The molecular formula is C29H26O4. The lowest BCUT2D eigenvalue weighted by molar-refractivity contribution is 0.100. The van der Waals surface area contributed by atoms with Gasteiger partial charge in [-0.2, -0.15) is 0 Å². The topological polar surface area (TPSA) is 44.8 Å². The third-order valence-electron chi connectivity index (χ3n) is 5.11. The molecule has 0 atom stereocenters. The summed E-state index contributed by atoms with van der Waals surface area (Å²) in [6.45, 7) is 2.59. The summed E-state index contributed by atoms with van der Waals surface area (Å²) in [5.74, 6) is 1.34. The highest BCUT2D eigenvalue weighted by atomic mass is 16.5. The van der Waals surface area contributed by atoms with Crippen molar-refractivity contribution in [1.29, 1.82) is 0 Å². The van der Waals surface area contributed by atoms with Crippen LogP contribution in [0.4, 0.5) is 0 Å². The number of ether oxygens (including phenoxy) is 3. The van der Waals surface area contributed by atoms with E-state index in [0.29, 0.717) is 42.6 Å². The Morgan fingerprint density at radius 1 is 0.576 bits per heavy atom. The van der Waals surface area contributed by atoms with Crippen molar-refractivity contribution in [3.8, 4) is 17.2 Å². The second kappa shape index (κ2) is 11.0. The monoisotopic (exact) mass is 440 g/mol. The normalized spacial score (nSPS) is 10.5. The van der Waals surface area contributed by atoms with Crippen molar-refractivity contribution in [3.05, 3.63) is 125 Å². The van der Waals surface area contributed by atoms with Gasteiger partial charge in [0, 0.05) is 12.1 Å². The highest BCUT2D eigenvalue weighted by molar-refractivity contribution is 6.00. The molecule has 4 aromatic rings. The van der Waals surface area contributed by atoms with Gasteiger partial charge in [0.25, 0.3) is 0 Å². The van der Waals surface area contributed by atoms with Gasteiger partial charge in [0.15, 0.2) is 5.78 Å². The second-order valence-electron chi connectivity index (χ2n) is 7.67. The SMILES string of the molecule is [13CH3][13C](=O)c1c(OCc2ccccc2)cc(OCc2ccccc2)cc1OCc1ccccc1. The quantitative estimate of drug-likeness (QED) is 0.205. The molecule has 0 spiro atoms. The van der Waals surface area contributed by atoms with Gasteiger partial charge in [-0.15, -0.1) is 0 Å². The molecule has 33 heavy (non-hydrogen) atoms. The lowest BCUT2D eigenvalue weighted by Crippen LogP contribution is -2.07. The lowest BCUT2D eigenvalue weighted by atomic mass is 10.2. The van der Waals surface area contributed by atoms with Crippen LogP contribution in [0.15, 0.2) is 103 Å². The number of rotatable bonds is 10.